The molecule has 0 amide bonds. The third kappa shape index (κ3) is 15.6. The number of unbranched alkanes of at least 4 members (excludes halogenated alkanes) is 17. The topological polar surface area (TPSA) is 52.0 Å². The van der Waals surface area contributed by atoms with Crippen LogP contribution in [0.4, 0.5) is 11.4 Å². The molecular formula is C48H68N2. The smallest absolute Gasteiger partial charge is 0.0314 e. The summed E-state index contributed by atoms with van der Waals surface area (Å²) in [4.78, 5) is 0. The molecule has 0 atom stereocenters. The van der Waals surface area contributed by atoms with Crippen LogP contribution in [0.1, 0.15) is 160 Å². The first-order valence-corrected chi connectivity index (χ1v) is 20.3. The zero-order valence-electron chi connectivity index (χ0n) is 31.8. The van der Waals surface area contributed by atoms with Gasteiger partial charge in [-0.25, -0.2) is 0 Å². The first-order valence-electron chi connectivity index (χ1n) is 20.3. The third-order valence-corrected chi connectivity index (χ3v) is 10.7. The lowest BCUT2D eigenvalue weighted by atomic mass is 9.96. The number of nitrogen functional groups attached to an aromatic ring is 2. The van der Waals surface area contributed by atoms with Crippen LogP contribution >= 0.6 is 0 Å². The maximum atomic E-state index is 5.83. The van der Waals surface area contributed by atoms with E-state index in [1.54, 1.807) is 0 Å². The van der Waals surface area contributed by atoms with E-state index in [0.717, 1.165) is 24.2 Å². The molecule has 0 aromatic heterocycles. The predicted octanol–water partition coefficient (Wildman–Crippen LogP) is 13.5. The molecule has 50 heavy (non-hydrogen) atoms. The minimum absolute atomic E-state index is 0.834. The molecule has 0 spiro atoms. The Balaban J connectivity index is 0.883. The fraction of sp³-hybridized carbons (Fsp3) is 0.500. The number of hydrogen-bond donors (Lipinski definition) is 2. The number of hydrogen-bond acceptors (Lipinski definition) is 2. The molecule has 270 valence electrons. The molecule has 2 nitrogen and oxygen atoms in total. The van der Waals surface area contributed by atoms with Gasteiger partial charge in [0, 0.05) is 11.4 Å². The molecule has 0 aliphatic carbocycles. The highest BCUT2D eigenvalue weighted by Gasteiger charge is 2.05. The van der Waals surface area contributed by atoms with Gasteiger partial charge in [-0.2, -0.15) is 0 Å². The van der Waals surface area contributed by atoms with Crippen molar-refractivity contribution in [3.63, 3.8) is 0 Å². The van der Waals surface area contributed by atoms with Gasteiger partial charge in [0.15, 0.2) is 0 Å². The second kappa shape index (κ2) is 23.0. The fourth-order valence-electron chi connectivity index (χ4n) is 7.50. The Labute approximate surface area is 306 Å². The van der Waals surface area contributed by atoms with E-state index < -0.39 is 0 Å². The van der Waals surface area contributed by atoms with Gasteiger partial charge >= 0.3 is 0 Å². The molecule has 0 aliphatic heterocycles. The molecule has 4 N–H and O–H groups in total. The Morgan fingerprint density at radius 2 is 0.580 bits per heavy atom. The molecule has 0 unspecified atom stereocenters. The third-order valence-electron chi connectivity index (χ3n) is 10.7. The molecule has 0 fully saturated rings. The molecule has 0 saturated carbocycles. The monoisotopic (exact) mass is 673 g/mol. The summed E-state index contributed by atoms with van der Waals surface area (Å²) < 4.78 is 0. The van der Waals surface area contributed by atoms with E-state index in [1.165, 1.54) is 173 Å². The van der Waals surface area contributed by atoms with Crippen LogP contribution in [-0.2, 0) is 25.7 Å². The maximum Gasteiger partial charge on any atom is 0.0314 e. The molecule has 0 saturated heterocycles. The molecule has 0 bridgehead atoms. The van der Waals surface area contributed by atoms with Crippen molar-refractivity contribution >= 4 is 11.4 Å². The lowest BCUT2D eigenvalue weighted by Crippen LogP contribution is -1.95. The van der Waals surface area contributed by atoms with Crippen LogP contribution < -0.4 is 11.5 Å². The molecule has 0 radical (unpaired) electrons. The SMILES string of the molecule is Cc1cc(Cc2ccc(N)cc2)ccc1CCCCCCCCCCCCCCCCCCCCc1ccc(Cc2ccc(N)cc2)cc1C. The van der Waals surface area contributed by atoms with Gasteiger partial charge in [-0.15, -0.1) is 0 Å². The van der Waals surface area contributed by atoms with Crippen molar-refractivity contribution in [3.05, 3.63) is 129 Å². The summed E-state index contributed by atoms with van der Waals surface area (Å²) in [7, 11) is 0. The van der Waals surface area contributed by atoms with Crippen LogP contribution in [0.5, 0.6) is 0 Å². The van der Waals surface area contributed by atoms with Gasteiger partial charge in [0.1, 0.15) is 0 Å². The van der Waals surface area contributed by atoms with E-state index in [0.29, 0.717) is 0 Å². The van der Waals surface area contributed by atoms with Crippen LogP contribution in [0.15, 0.2) is 84.9 Å². The van der Waals surface area contributed by atoms with E-state index in [-0.39, 0.29) is 0 Å². The minimum atomic E-state index is 0.834. The highest BCUT2D eigenvalue weighted by Crippen LogP contribution is 2.21. The standard InChI is InChI=1S/C48H68N2/c1-39-35-43(37-41-25-31-47(49)32-26-41)23-29-45(39)21-19-17-15-13-11-9-7-5-3-4-6-8-10-12-14-16-18-20-22-46-30-24-44(36-40(46)2)38-42-27-33-48(50)34-28-42/h23-36H,3-22,37-38,49-50H2,1-2H3. The lowest BCUT2D eigenvalue weighted by molar-refractivity contribution is 0.523. The fourth-order valence-corrected chi connectivity index (χ4v) is 7.50. The first-order chi connectivity index (χ1) is 24.5. The molecular weight excluding hydrogens is 605 g/mol. The average molecular weight is 673 g/mol. The van der Waals surface area contributed by atoms with Crippen LogP contribution in [0.3, 0.4) is 0 Å². The number of aryl methyl sites for hydroxylation is 4. The van der Waals surface area contributed by atoms with Crippen LogP contribution in [0.2, 0.25) is 0 Å². The van der Waals surface area contributed by atoms with E-state index in [9.17, 15) is 0 Å². The zero-order chi connectivity index (χ0) is 35.2. The Morgan fingerprint density at radius 3 is 0.860 bits per heavy atom. The highest BCUT2D eigenvalue weighted by molar-refractivity contribution is 5.42. The quantitative estimate of drug-likeness (QED) is 0.0544. The Bertz CT molecular complexity index is 1370. The Hall–Kier alpha value is -3.52. The van der Waals surface area contributed by atoms with Gasteiger partial charge in [-0.3, -0.25) is 0 Å². The summed E-state index contributed by atoms with van der Waals surface area (Å²) in [5, 5.41) is 0. The average Bonchev–Trinajstić information content (AvgIpc) is 3.11. The molecule has 4 aromatic rings. The lowest BCUT2D eigenvalue weighted by Gasteiger charge is -2.09. The van der Waals surface area contributed by atoms with Crippen molar-refractivity contribution in [1.29, 1.82) is 0 Å². The van der Waals surface area contributed by atoms with Crippen molar-refractivity contribution in [2.24, 2.45) is 0 Å². The second-order valence-electron chi connectivity index (χ2n) is 15.2. The largest absolute Gasteiger partial charge is 0.399 e. The van der Waals surface area contributed by atoms with Crippen LogP contribution in [0, 0.1) is 13.8 Å². The van der Waals surface area contributed by atoms with E-state index in [1.807, 2.05) is 24.3 Å². The van der Waals surface area contributed by atoms with Crippen molar-refractivity contribution in [3.8, 4) is 0 Å². The molecule has 0 aliphatic rings. The van der Waals surface area contributed by atoms with Gasteiger partial charge in [-0.1, -0.05) is 163 Å². The summed E-state index contributed by atoms with van der Waals surface area (Å²) in [5.74, 6) is 0. The Kier molecular flexibility index (Phi) is 18.1. The van der Waals surface area contributed by atoms with Gasteiger partial charge < -0.3 is 11.5 Å². The molecule has 4 rings (SSSR count). The van der Waals surface area contributed by atoms with Gasteiger partial charge in [0.25, 0.3) is 0 Å². The molecule has 4 aromatic carbocycles. The normalized spacial score (nSPS) is 11.3. The van der Waals surface area contributed by atoms with Crippen molar-refractivity contribution in [1.82, 2.24) is 0 Å². The van der Waals surface area contributed by atoms with Gasteiger partial charge in [-0.05, 0) is 121 Å². The summed E-state index contributed by atoms with van der Waals surface area (Å²) in [6.07, 6.45) is 29.8. The van der Waals surface area contributed by atoms with E-state index in [2.05, 4.69) is 74.5 Å². The summed E-state index contributed by atoms with van der Waals surface area (Å²) in [6.45, 7) is 4.55. The molecule has 0 heterocycles. The number of nitrogens with two attached hydrogens (primary N) is 2. The van der Waals surface area contributed by atoms with E-state index in [4.69, 9.17) is 11.5 Å². The van der Waals surface area contributed by atoms with Crippen molar-refractivity contribution < 1.29 is 0 Å². The second-order valence-corrected chi connectivity index (χ2v) is 15.2. The van der Waals surface area contributed by atoms with Crippen LogP contribution in [0.25, 0.3) is 0 Å². The summed E-state index contributed by atoms with van der Waals surface area (Å²) >= 11 is 0. The van der Waals surface area contributed by atoms with Gasteiger partial charge in [0.2, 0.25) is 0 Å². The summed E-state index contributed by atoms with van der Waals surface area (Å²) in [6, 6.07) is 30.6. The minimum Gasteiger partial charge on any atom is -0.399 e. The number of benzene rings is 4. The van der Waals surface area contributed by atoms with Crippen LogP contribution in [-0.4, -0.2) is 0 Å². The number of rotatable bonds is 25. The van der Waals surface area contributed by atoms with Crippen molar-refractivity contribution in [2.75, 3.05) is 11.5 Å². The molecule has 2 heteroatoms. The Morgan fingerprint density at radius 1 is 0.320 bits per heavy atom. The highest BCUT2D eigenvalue weighted by atomic mass is 14.5. The van der Waals surface area contributed by atoms with E-state index >= 15 is 0 Å². The summed E-state index contributed by atoms with van der Waals surface area (Å²) in [5.41, 5.74) is 24.7. The zero-order valence-corrected chi connectivity index (χ0v) is 31.8. The predicted molar refractivity (Wildman–Crippen MR) is 220 cm³/mol. The maximum absolute atomic E-state index is 5.83. The first kappa shape index (κ1) is 39.3. The van der Waals surface area contributed by atoms with Crippen molar-refractivity contribution in [2.45, 2.75) is 155 Å². The van der Waals surface area contributed by atoms with Gasteiger partial charge in [0.05, 0.1) is 0 Å². The number of anilines is 2.